The smallest absolute Gasteiger partial charge is 0.251 e. The van der Waals surface area contributed by atoms with Crippen molar-refractivity contribution in [3.8, 4) is 17.2 Å². The van der Waals surface area contributed by atoms with Crippen LogP contribution in [-0.4, -0.2) is 34.9 Å². The van der Waals surface area contributed by atoms with Crippen LogP contribution in [0.3, 0.4) is 0 Å². The van der Waals surface area contributed by atoms with E-state index in [1.165, 1.54) is 23.9 Å². The molecule has 0 bridgehead atoms. The average Bonchev–Trinajstić information content (AvgIpc) is 3.29. The molecule has 4 aromatic rings. The number of benzene rings is 3. The maximum atomic E-state index is 13.2. The zero-order valence-corrected chi connectivity index (χ0v) is 19.5. The van der Waals surface area contributed by atoms with Gasteiger partial charge >= 0.3 is 0 Å². The van der Waals surface area contributed by atoms with Gasteiger partial charge in [0.25, 0.3) is 5.91 Å². The Kier molecular flexibility index (Phi) is 7.44. The van der Waals surface area contributed by atoms with E-state index in [1.54, 1.807) is 50.6 Å². The Labute approximate surface area is 200 Å². The fourth-order valence-electron chi connectivity index (χ4n) is 3.30. The molecule has 174 valence electrons. The molecule has 0 saturated heterocycles. The molecule has 1 aromatic heterocycles. The summed E-state index contributed by atoms with van der Waals surface area (Å²) in [4.78, 5) is 12.7. The Hall–Kier alpha value is -3.85. The van der Waals surface area contributed by atoms with Crippen molar-refractivity contribution in [1.82, 2.24) is 20.1 Å². The van der Waals surface area contributed by atoms with E-state index in [4.69, 9.17) is 9.47 Å². The molecule has 0 radical (unpaired) electrons. The highest BCUT2D eigenvalue weighted by Crippen LogP contribution is 2.30. The molecule has 0 spiro atoms. The minimum atomic E-state index is -0.277. The summed E-state index contributed by atoms with van der Waals surface area (Å²) in [6, 6.07) is 20.7. The number of methoxy groups -OCH3 is 2. The van der Waals surface area contributed by atoms with Crippen LogP contribution >= 0.6 is 11.8 Å². The molecule has 1 amide bonds. The molecule has 4 rings (SSSR count). The normalized spacial score (nSPS) is 10.7. The first-order valence-electron chi connectivity index (χ1n) is 10.5. The number of nitrogens with one attached hydrogen (secondary N) is 1. The first-order valence-corrected chi connectivity index (χ1v) is 11.4. The van der Waals surface area contributed by atoms with Crippen LogP contribution in [0.2, 0.25) is 0 Å². The standard InChI is InChI=1S/C25H23FN4O3S/c1-32-20-13-9-18(10-14-20)24(31)27-15-23-28-29-25(34-16-17-7-11-19(26)12-8-17)30(23)21-5-3-4-6-22(21)33-2/h3-14H,15-16H2,1-2H3,(H,27,31). The van der Waals surface area contributed by atoms with E-state index in [2.05, 4.69) is 15.5 Å². The lowest BCUT2D eigenvalue weighted by molar-refractivity contribution is 0.0949. The molecule has 0 fully saturated rings. The molecule has 3 aromatic carbocycles. The molecular weight excluding hydrogens is 455 g/mol. The zero-order chi connectivity index (χ0) is 23.9. The van der Waals surface area contributed by atoms with Gasteiger partial charge in [-0.1, -0.05) is 36.0 Å². The van der Waals surface area contributed by atoms with Crippen LogP contribution in [0.1, 0.15) is 21.7 Å². The van der Waals surface area contributed by atoms with Gasteiger partial charge in [0.2, 0.25) is 0 Å². The van der Waals surface area contributed by atoms with Crippen molar-refractivity contribution in [2.75, 3.05) is 14.2 Å². The van der Waals surface area contributed by atoms with E-state index in [0.29, 0.717) is 33.8 Å². The van der Waals surface area contributed by atoms with Crippen molar-refractivity contribution >= 4 is 17.7 Å². The van der Waals surface area contributed by atoms with E-state index in [0.717, 1.165) is 11.3 Å². The number of hydrogen-bond donors (Lipinski definition) is 1. The van der Waals surface area contributed by atoms with Crippen LogP contribution in [0.4, 0.5) is 4.39 Å². The number of aromatic nitrogens is 3. The van der Waals surface area contributed by atoms with Crippen LogP contribution in [0.25, 0.3) is 5.69 Å². The van der Waals surface area contributed by atoms with Crippen LogP contribution in [0.5, 0.6) is 11.5 Å². The van der Waals surface area contributed by atoms with E-state index >= 15 is 0 Å². The van der Waals surface area contributed by atoms with Gasteiger partial charge in [0.05, 0.1) is 26.5 Å². The first kappa shape index (κ1) is 23.3. The number of thioether (sulfide) groups is 1. The maximum absolute atomic E-state index is 13.2. The second-order valence-electron chi connectivity index (χ2n) is 7.23. The van der Waals surface area contributed by atoms with Crippen molar-refractivity contribution in [1.29, 1.82) is 0 Å². The highest BCUT2D eigenvalue weighted by Gasteiger charge is 2.18. The first-order chi connectivity index (χ1) is 16.6. The summed E-state index contributed by atoms with van der Waals surface area (Å²) in [5.74, 6) is 1.93. The third-order valence-corrected chi connectivity index (χ3v) is 6.07. The third kappa shape index (κ3) is 5.37. The maximum Gasteiger partial charge on any atom is 0.251 e. The number of rotatable bonds is 9. The van der Waals surface area contributed by atoms with Crippen molar-refractivity contribution in [2.45, 2.75) is 17.5 Å². The van der Waals surface area contributed by atoms with Gasteiger partial charge < -0.3 is 14.8 Å². The number of para-hydroxylation sites is 2. The highest BCUT2D eigenvalue weighted by atomic mass is 32.2. The summed E-state index contributed by atoms with van der Waals surface area (Å²) in [5, 5.41) is 12.2. The fraction of sp³-hybridized carbons (Fsp3) is 0.160. The summed E-state index contributed by atoms with van der Waals surface area (Å²) < 4.78 is 25.8. The zero-order valence-electron chi connectivity index (χ0n) is 18.7. The second-order valence-corrected chi connectivity index (χ2v) is 8.17. The molecule has 0 saturated carbocycles. The van der Waals surface area contributed by atoms with Gasteiger partial charge in [-0.25, -0.2) is 4.39 Å². The summed E-state index contributed by atoms with van der Waals surface area (Å²) in [7, 11) is 3.17. The summed E-state index contributed by atoms with van der Waals surface area (Å²) in [6.45, 7) is 0.160. The monoisotopic (exact) mass is 478 g/mol. The minimum Gasteiger partial charge on any atom is -0.497 e. The minimum absolute atomic E-state index is 0.160. The van der Waals surface area contributed by atoms with Crippen molar-refractivity contribution in [3.05, 3.63) is 95.6 Å². The van der Waals surface area contributed by atoms with E-state index in [9.17, 15) is 9.18 Å². The van der Waals surface area contributed by atoms with Gasteiger partial charge in [-0.3, -0.25) is 9.36 Å². The molecule has 1 N–H and O–H groups in total. The molecule has 0 unspecified atom stereocenters. The van der Waals surface area contributed by atoms with Gasteiger partial charge in [-0.15, -0.1) is 10.2 Å². The predicted octanol–water partition coefficient (Wildman–Crippen LogP) is 4.65. The average molecular weight is 479 g/mol. The van der Waals surface area contributed by atoms with Gasteiger partial charge in [-0.2, -0.15) is 0 Å². The number of amides is 1. The fourth-order valence-corrected chi connectivity index (χ4v) is 4.22. The number of carbonyl (C=O) groups excluding carboxylic acids is 1. The van der Waals surface area contributed by atoms with E-state index in [-0.39, 0.29) is 18.3 Å². The highest BCUT2D eigenvalue weighted by molar-refractivity contribution is 7.98. The number of ether oxygens (including phenoxy) is 2. The van der Waals surface area contributed by atoms with E-state index in [1.807, 2.05) is 28.8 Å². The van der Waals surface area contributed by atoms with E-state index < -0.39 is 0 Å². The lowest BCUT2D eigenvalue weighted by Gasteiger charge is -2.14. The molecule has 0 aliphatic rings. The molecule has 7 nitrogen and oxygen atoms in total. The predicted molar refractivity (Wildman–Crippen MR) is 128 cm³/mol. The second kappa shape index (κ2) is 10.8. The SMILES string of the molecule is COc1ccc(C(=O)NCc2nnc(SCc3ccc(F)cc3)n2-c2ccccc2OC)cc1. The topological polar surface area (TPSA) is 78.3 Å². The Balaban J connectivity index is 1.58. The Morgan fingerprint density at radius 3 is 2.41 bits per heavy atom. The van der Waals surface area contributed by atoms with Crippen LogP contribution in [0, 0.1) is 5.82 Å². The van der Waals surface area contributed by atoms with Crippen molar-refractivity contribution < 1.29 is 18.7 Å². The number of carbonyl (C=O) groups is 1. The quantitative estimate of drug-likeness (QED) is 0.353. The molecule has 9 heteroatoms. The largest absolute Gasteiger partial charge is 0.497 e. The lowest BCUT2D eigenvalue weighted by atomic mass is 10.2. The molecule has 0 aliphatic heterocycles. The van der Waals surface area contributed by atoms with Crippen LogP contribution < -0.4 is 14.8 Å². The Bertz CT molecular complexity index is 1260. The van der Waals surface area contributed by atoms with Gasteiger partial charge in [0.15, 0.2) is 11.0 Å². The molecule has 1 heterocycles. The van der Waals surface area contributed by atoms with Crippen LogP contribution in [0.15, 0.2) is 78.0 Å². The Morgan fingerprint density at radius 1 is 0.971 bits per heavy atom. The number of hydrogen-bond acceptors (Lipinski definition) is 6. The molecule has 34 heavy (non-hydrogen) atoms. The number of nitrogens with zero attached hydrogens (tertiary/aromatic N) is 3. The number of halogens is 1. The summed E-state index contributed by atoms with van der Waals surface area (Å²) in [5.41, 5.74) is 2.22. The summed E-state index contributed by atoms with van der Waals surface area (Å²) in [6.07, 6.45) is 0. The van der Waals surface area contributed by atoms with Crippen LogP contribution in [-0.2, 0) is 12.3 Å². The third-order valence-electron chi connectivity index (χ3n) is 5.07. The molecule has 0 atom stereocenters. The van der Waals surface area contributed by atoms with Crippen molar-refractivity contribution in [2.24, 2.45) is 0 Å². The lowest BCUT2D eigenvalue weighted by Crippen LogP contribution is -2.24. The summed E-state index contributed by atoms with van der Waals surface area (Å²) >= 11 is 1.46. The Morgan fingerprint density at radius 2 is 1.71 bits per heavy atom. The van der Waals surface area contributed by atoms with Gasteiger partial charge in [0, 0.05) is 11.3 Å². The molecule has 0 aliphatic carbocycles. The molecular formula is C25H23FN4O3S. The van der Waals surface area contributed by atoms with Crippen molar-refractivity contribution in [3.63, 3.8) is 0 Å². The van der Waals surface area contributed by atoms with Gasteiger partial charge in [0.1, 0.15) is 17.3 Å². The van der Waals surface area contributed by atoms with Gasteiger partial charge in [-0.05, 0) is 54.1 Å².